The van der Waals surface area contributed by atoms with Crippen LogP contribution in [0, 0.1) is 17.9 Å². The van der Waals surface area contributed by atoms with Gasteiger partial charge in [-0.2, -0.15) is 5.26 Å². The van der Waals surface area contributed by atoms with Crippen LogP contribution < -0.4 is 0 Å². The van der Waals surface area contributed by atoms with Crippen LogP contribution in [0.3, 0.4) is 0 Å². The molecule has 0 aliphatic carbocycles. The molecule has 0 aliphatic heterocycles. The largest absolute Gasteiger partial charge is 0.318 e. The fourth-order valence-electron chi connectivity index (χ4n) is 9.76. The lowest BCUT2D eigenvalue weighted by atomic mass is 9.88. The van der Waals surface area contributed by atoms with Gasteiger partial charge in [0, 0.05) is 44.3 Å². The van der Waals surface area contributed by atoms with E-state index in [2.05, 4.69) is 147 Å². The Hall–Kier alpha value is -8.51. The molecule has 5 nitrogen and oxygen atoms in total. The van der Waals surface area contributed by atoms with Gasteiger partial charge in [-0.05, 0) is 63.4 Å². The van der Waals surface area contributed by atoms with Gasteiger partial charge in [0.2, 0.25) is 5.69 Å². The summed E-state index contributed by atoms with van der Waals surface area (Å²) in [6, 6.07) is 65.4. The van der Waals surface area contributed by atoms with E-state index in [-0.39, 0.29) is 0 Å². The number of nitriles is 1. The summed E-state index contributed by atoms with van der Waals surface area (Å²) in [5.74, 6) is 0. The highest BCUT2D eigenvalue weighted by atomic mass is 15.0. The Morgan fingerprint density at radius 1 is 0.450 bits per heavy atom. The SMILES string of the molecule is [C-]#[N+]c1c(-c2ccccc2)c(C#N)c(-n2c3ccccc3c3cc(-c4ccccc4)ccc32)c(-c2ccccc2)c1-n1c2cccc3c4ccccc4c4nccc1c4c32. The van der Waals surface area contributed by atoms with Crippen molar-refractivity contribution in [1.29, 1.82) is 5.26 Å². The molecule has 12 aromatic rings. The zero-order valence-electron chi connectivity index (χ0n) is 32.1. The lowest BCUT2D eigenvalue weighted by molar-refractivity contribution is 1.13. The smallest absolute Gasteiger partial charge is 0.220 e. The molecule has 276 valence electrons. The van der Waals surface area contributed by atoms with Crippen molar-refractivity contribution < 1.29 is 0 Å². The lowest BCUT2D eigenvalue weighted by Gasteiger charge is -2.25. The van der Waals surface area contributed by atoms with E-state index in [4.69, 9.17) is 11.6 Å². The summed E-state index contributed by atoms with van der Waals surface area (Å²) >= 11 is 0. The van der Waals surface area contributed by atoms with Crippen LogP contribution >= 0.6 is 0 Å². The summed E-state index contributed by atoms with van der Waals surface area (Å²) in [6.07, 6.45) is 1.88. The van der Waals surface area contributed by atoms with Crippen LogP contribution in [0.15, 0.2) is 188 Å². The first-order valence-electron chi connectivity index (χ1n) is 20.0. The van der Waals surface area contributed by atoms with Crippen molar-refractivity contribution in [3.05, 3.63) is 205 Å². The number of hydrogen-bond donors (Lipinski definition) is 0. The van der Waals surface area contributed by atoms with Gasteiger partial charge in [-0.25, -0.2) is 4.85 Å². The minimum absolute atomic E-state index is 0.409. The molecule has 9 aromatic carbocycles. The monoisotopic (exact) mass is 761 g/mol. The Morgan fingerprint density at radius 2 is 1.02 bits per heavy atom. The average Bonchev–Trinajstić information content (AvgIpc) is 3.84. The van der Waals surface area contributed by atoms with Crippen LogP contribution in [-0.2, 0) is 0 Å². The summed E-state index contributed by atoms with van der Waals surface area (Å²) in [5.41, 5.74) is 12.4. The van der Waals surface area contributed by atoms with E-state index in [0.717, 1.165) is 104 Å². The zero-order chi connectivity index (χ0) is 39.9. The minimum Gasteiger partial charge on any atom is -0.318 e. The van der Waals surface area contributed by atoms with E-state index < -0.39 is 0 Å². The van der Waals surface area contributed by atoms with Gasteiger partial charge in [0.1, 0.15) is 6.07 Å². The van der Waals surface area contributed by atoms with Crippen LogP contribution in [-0.4, -0.2) is 14.1 Å². The molecule has 3 heterocycles. The number of para-hydroxylation sites is 1. The molecule has 0 amide bonds. The number of nitrogens with zero attached hydrogens (tertiary/aromatic N) is 5. The van der Waals surface area contributed by atoms with Crippen LogP contribution in [0.5, 0.6) is 0 Å². The van der Waals surface area contributed by atoms with E-state index >= 15 is 0 Å². The Labute approximate surface area is 345 Å². The minimum atomic E-state index is 0.409. The molecule has 5 heteroatoms. The predicted octanol–water partition coefficient (Wildman–Crippen LogP) is 14.4. The third kappa shape index (κ3) is 4.63. The first-order chi connectivity index (χ1) is 29.7. The molecule has 60 heavy (non-hydrogen) atoms. The van der Waals surface area contributed by atoms with Gasteiger partial charge in [-0.1, -0.05) is 152 Å². The molecule has 0 unspecified atom stereocenters. The van der Waals surface area contributed by atoms with Crippen molar-refractivity contribution in [2.24, 2.45) is 0 Å². The van der Waals surface area contributed by atoms with Crippen molar-refractivity contribution in [1.82, 2.24) is 14.1 Å². The Bertz CT molecular complexity index is 3680. The number of pyridine rings is 1. The predicted molar refractivity (Wildman–Crippen MR) is 246 cm³/mol. The van der Waals surface area contributed by atoms with Gasteiger partial charge in [-0.3, -0.25) is 4.98 Å². The highest BCUT2D eigenvalue weighted by Gasteiger charge is 2.32. The molecule has 0 N–H and O–H groups in total. The highest BCUT2D eigenvalue weighted by molar-refractivity contribution is 6.33. The van der Waals surface area contributed by atoms with Gasteiger partial charge in [0.05, 0.1) is 51.1 Å². The molecule has 12 rings (SSSR count). The van der Waals surface area contributed by atoms with E-state index in [0.29, 0.717) is 16.8 Å². The zero-order valence-corrected chi connectivity index (χ0v) is 32.1. The van der Waals surface area contributed by atoms with Crippen molar-refractivity contribution in [3.63, 3.8) is 0 Å². The van der Waals surface area contributed by atoms with E-state index in [1.165, 1.54) is 0 Å². The topological polar surface area (TPSA) is 50.9 Å². The second-order valence-corrected chi connectivity index (χ2v) is 15.2. The van der Waals surface area contributed by atoms with Gasteiger partial charge in [0.25, 0.3) is 0 Å². The molecule has 3 aromatic heterocycles. The molecule has 0 aliphatic rings. The summed E-state index contributed by atoms with van der Waals surface area (Å²) in [6.45, 7) is 9.12. The molecule has 0 bridgehead atoms. The average molecular weight is 762 g/mol. The molecule has 0 saturated carbocycles. The van der Waals surface area contributed by atoms with Crippen LogP contribution in [0.2, 0.25) is 0 Å². The molecule has 0 radical (unpaired) electrons. The van der Waals surface area contributed by atoms with E-state index in [9.17, 15) is 5.26 Å². The summed E-state index contributed by atoms with van der Waals surface area (Å²) in [5, 5.41) is 19.3. The normalized spacial score (nSPS) is 11.6. The number of rotatable bonds is 5. The maximum Gasteiger partial charge on any atom is 0.220 e. The number of fused-ring (bicyclic) bond motifs is 6. The van der Waals surface area contributed by atoms with Crippen LogP contribution in [0.1, 0.15) is 5.56 Å². The molecule has 0 fully saturated rings. The van der Waals surface area contributed by atoms with Crippen molar-refractivity contribution in [3.8, 4) is 50.8 Å². The summed E-state index contributed by atoms with van der Waals surface area (Å²) in [4.78, 5) is 9.48. The maximum atomic E-state index is 11.7. The van der Waals surface area contributed by atoms with Gasteiger partial charge >= 0.3 is 0 Å². The molecular weight excluding hydrogens is 731 g/mol. The maximum absolute atomic E-state index is 11.7. The molecule has 0 atom stereocenters. The van der Waals surface area contributed by atoms with Crippen LogP contribution in [0.25, 0.3) is 115 Å². The summed E-state index contributed by atoms with van der Waals surface area (Å²) < 4.78 is 4.55. The lowest BCUT2D eigenvalue weighted by Crippen LogP contribution is -2.08. The quantitative estimate of drug-likeness (QED) is 0.130. The second kappa shape index (κ2) is 13.0. The van der Waals surface area contributed by atoms with E-state index in [1.54, 1.807) is 0 Å². The number of aromatic nitrogens is 3. The van der Waals surface area contributed by atoms with Crippen LogP contribution in [0.4, 0.5) is 5.69 Å². The molecule has 0 saturated heterocycles. The summed E-state index contributed by atoms with van der Waals surface area (Å²) in [7, 11) is 0. The molecular formula is C55H31N5. The van der Waals surface area contributed by atoms with E-state index in [1.807, 2.05) is 60.8 Å². The van der Waals surface area contributed by atoms with Crippen molar-refractivity contribution in [2.75, 3.05) is 0 Å². The molecule has 0 spiro atoms. The van der Waals surface area contributed by atoms with Gasteiger partial charge in [-0.15, -0.1) is 0 Å². The third-order valence-electron chi connectivity index (χ3n) is 12.2. The standard InChI is InChI=1S/C55H31N5/c1-57-53-48(35-18-7-3-8-19-35)43(33-56)54(59-44-26-14-13-23-39(44)42-32-37(28-29-45(42)59)34-16-5-2-6-17-34)49(36-20-9-4-10-21-36)55(53)60-46-27-15-25-40-38-22-11-12-24-41(38)52-51(50(40)46)47(60)30-31-58-52/h2-32H. The van der Waals surface area contributed by atoms with Gasteiger partial charge < -0.3 is 9.13 Å². The highest BCUT2D eigenvalue weighted by Crippen LogP contribution is 2.53. The Kier molecular flexibility index (Phi) is 7.29. The Morgan fingerprint density at radius 3 is 1.73 bits per heavy atom. The fourth-order valence-corrected chi connectivity index (χ4v) is 9.76. The third-order valence-corrected chi connectivity index (χ3v) is 12.2. The van der Waals surface area contributed by atoms with Gasteiger partial charge in [0.15, 0.2) is 0 Å². The van der Waals surface area contributed by atoms with Crippen molar-refractivity contribution in [2.45, 2.75) is 0 Å². The Balaban J connectivity index is 1.34. The number of hydrogen-bond acceptors (Lipinski definition) is 2. The number of benzene rings is 9. The second-order valence-electron chi connectivity index (χ2n) is 15.2. The first-order valence-corrected chi connectivity index (χ1v) is 20.0. The fraction of sp³-hybridized carbons (Fsp3) is 0. The van der Waals surface area contributed by atoms with Crippen molar-refractivity contribution >= 4 is 71.0 Å². The first kappa shape index (κ1) is 33.6.